The number of likely N-dealkylation sites (tertiary alicyclic amines) is 1. The van der Waals surface area contributed by atoms with E-state index in [1.807, 2.05) is 0 Å². The van der Waals surface area contributed by atoms with E-state index in [1.54, 1.807) is 25.7 Å². The summed E-state index contributed by atoms with van der Waals surface area (Å²) in [6.45, 7) is 14.7. The molecule has 0 amide bonds. The first-order valence-corrected chi connectivity index (χ1v) is 13.9. The van der Waals surface area contributed by atoms with Crippen molar-refractivity contribution in [3.63, 3.8) is 0 Å². The van der Waals surface area contributed by atoms with E-state index in [2.05, 4.69) is 37.9 Å². The minimum atomic E-state index is 0.764. The first-order valence-electron chi connectivity index (χ1n) is 13.9. The molecule has 176 valence electrons. The van der Waals surface area contributed by atoms with Gasteiger partial charge in [-0.3, -0.25) is 0 Å². The van der Waals surface area contributed by atoms with Crippen LogP contribution < -0.4 is 5.32 Å². The third-order valence-corrected chi connectivity index (χ3v) is 8.78. The van der Waals surface area contributed by atoms with Crippen molar-refractivity contribution in [3.05, 3.63) is 0 Å². The first kappa shape index (κ1) is 24.6. The van der Waals surface area contributed by atoms with E-state index >= 15 is 0 Å². The van der Waals surface area contributed by atoms with Crippen molar-refractivity contribution in [1.29, 1.82) is 0 Å². The van der Waals surface area contributed by atoms with Crippen molar-refractivity contribution in [2.75, 3.05) is 26.2 Å². The fourth-order valence-electron chi connectivity index (χ4n) is 7.40. The quantitative estimate of drug-likeness (QED) is 0.295. The molecule has 0 aromatic rings. The summed E-state index contributed by atoms with van der Waals surface area (Å²) < 4.78 is 0. The van der Waals surface area contributed by atoms with Crippen LogP contribution in [0.3, 0.4) is 0 Å². The average molecular weight is 419 g/mol. The summed E-state index contributed by atoms with van der Waals surface area (Å²) in [4.78, 5) is 2.73. The summed E-state index contributed by atoms with van der Waals surface area (Å²) in [6, 6.07) is 0.792. The number of nitrogens with zero attached hydrogens (tertiary/aromatic N) is 1. The van der Waals surface area contributed by atoms with Gasteiger partial charge in [-0.1, -0.05) is 66.2 Å². The largest absolute Gasteiger partial charge is 0.314 e. The van der Waals surface area contributed by atoms with E-state index in [0.717, 1.165) is 28.7 Å². The lowest BCUT2D eigenvalue weighted by atomic mass is 9.40. The number of nitrogens with one attached hydrogen (secondary N) is 1. The lowest BCUT2D eigenvalue weighted by Gasteiger charge is -2.66. The first-order chi connectivity index (χ1) is 14.5. The van der Waals surface area contributed by atoms with Gasteiger partial charge in [-0.25, -0.2) is 0 Å². The molecule has 30 heavy (non-hydrogen) atoms. The SMILES string of the molecule is CCCCCC(CCCCC)NCCC1CC2(C1)CC1(CCN(CC(C)C)CC1)C2. The summed E-state index contributed by atoms with van der Waals surface area (Å²) in [6.07, 6.45) is 21.9. The van der Waals surface area contributed by atoms with Crippen LogP contribution in [0.2, 0.25) is 0 Å². The molecule has 2 aliphatic carbocycles. The van der Waals surface area contributed by atoms with Gasteiger partial charge in [-0.15, -0.1) is 0 Å². The van der Waals surface area contributed by atoms with Gasteiger partial charge >= 0.3 is 0 Å². The summed E-state index contributed by atoms with van der Waals surface area (Å²) in [5.41, 5.74) is 1.56. The molecule has 3 rings (SSSR count). The zero-order valence-electron chi connectivity index (χ0n) is 21.1. The van der Waals surface area contributed by atoms with Crippen LogP contribution in [0, 0.1) is 22.7 Å². The van der Waals surface area contributed by atoms with Crippen LogP contribution in [0.25, 0.3) is 0 Å². The number of unbranched alkanes of at least 4 members (excludes halogenated alkanes) is 4. The highest BCUT2D eigenvalue weighted by atomic mass is 15.1. The minimum Gasteiger partial charge on any atom is -0.314 e. The van der Waals surface area contributed by atoms with Gasteiger partial charge in [-0.05, 0) is 100 Å². The smallest absolute Gasteiger partial charge is 0.00670 e. The lowest BCUT2D eigenvalue weighted by Crippen LogP contribution is -2.57. The molecule has 0 atom stereocenters. The molecule has 0 radical (unpaired) electrons. The van der Waals surface area contributed by atoms with Crippen molar-refractivity contribution < 1.29 is 0 Å². The molecule has 1 heterocycles. The van der Waals surface area contributed by atoms with Crippen molar-refractivity contribution in [3.8, 4) is 0 Å². The van der Waals surface area contributed by atoms with Crippen LogP contribution >= 0.6 is 0 Å². The Morgan fingerprint density at radius 1 is 0.867 bits per heavy atom. The maximum Gasteiger partial charge on any atom is 0.00670 e. The minimum absolute atomic E-state index is 0.764. The Balaban J connectivity index is 1.28. The molecule has 2 heteroatoms. The lowest BCUT2D eigenvalue weighted by molar-refractivity contribution is -0.150. The highest BCUT2D eigenvalue weighted by molar-refractivity contribution is 5.10. The fourth-order valence-corrected chi connectivity index (χ4v) is 7.40. The second kappa shape index (κ2) is 11.7. The topological polar surface area (TPSA) is 15.3 Å². The molecule has 0 aromatic heterocycles. The standard InChI is InChI=1S/C28H54N2/c1-5-7-9-11-26(12-10-8-6-2)29-16-13-25-19-28(20-25)22-27(23-28)14-17-30(18-15-27)21-24(3)4/h24-26,29H,5-23H2,1-4H3. The van der Waals surface area contributed by atoms with E-state index in [0.29, 0.717) is 0 Å². The van der Waals surface area contributed by atoms with E-state index < -0.39 is 0 Å². The third-order valence-electron chi connectivity index (χ3n) is 8.78. The van der Waals surface area contributed by atoms with E-state index in [1.165, 1.54) is 96.8 Å². The normalized spacial score (nSPS) is 23.4. The molecule has 0 aromatic carbocycles. The molecular formula is C28H54N2. The molecule has 2 spiro atoms. The van der Waals surface area contributed by atoms with Crippen molar-refractivity contribution in [2.24, 2.45) is 22.7 Å². The van der Waals surface area contributed by atoms with Crippen LogP contribution in [0.5, 0.6) is 0 Å². The third kappa shape index (κ3) is 6.96. The van der Waals surface area contributed by atoms with Crippen LogP contribution in [-0.2, 0) is 0 Å². The van der Waals surface area contributed by atoms with Gasteiger partial charge in [0.1, 0.15) is 0 Å². The predicted octanol–water partition coefficient (Wildman–Crippen LogP) is 7.42. The average Bonchev–Trinajstić information content (AvgIpc) is 2.66. The molecule has 1 N–H and O–H groups in total. The monoisotopic (exact) mass is 418 g/mol. The second-order valence-electron chi connectivity index (χ2n) is 12.3. The molecule has 1 aliphatic heterocycles. The van der Waals surface area contributed by atoms with Crippen molar-refractivity contribution in [2.45, 2.75) is 130 Å². The molecular weight excluding hydrogens is 364 g/mol. The Hall–Kier alpha value is -0.0800. The van der Waals surface area contributed by atoms with Crippen LogP contribution in [0.1, 0.15) is 124 Å². The summed E-state index contributed by atoms with van der Waals surface area (Å²) >= 11 is 0. The van der Waals surface area contributed by atoms with Crippen LogP contribution in [-0.4, -0.2) is 37.1 Å². The Morgan fingerprint density at radius 2 is 1.47 bits per heavy atom. The fraction of sp³-hybridized carbons (Fsp3) is 1.00. The summed E-state index contributed by atoms with van der Waals surface area (Å²) in [7, 11) is 0. The Labute approximate surface area is 189 Å². The summed E-state index contributed by atoms with van der Waals surface area (Å²) in [5, 5.41) is 3.97. The van der Waals surface area contributed by atoms with E-state index in [-0.39, 0.29) is 0 Å². The molecule has 2 nitrogen and oxygen atoms in total. The van der Waals surface area contributed by atoms with Crippen LogP contribution in [0.15, 0.2) is 0 Å². The predicted molar refractivity (Wildman–Crippen MR) is 132 cm³/mol. The van der Waals surface area contributed by atoms with Gasteiger partial charge in [0, 0.05) is 12.6 Å². The zero-order valence-corrected chi connectivity index (χ0v) is 21.1. The Kier molecular flexibility index (Phi) is 9.57. The maximum atomic E-state index is 3.97. The number of piperidine rings is 1. The highest BCUT2D eigenvalue weighted by Crippen LogP contribution is 2.69. The van der Waals surface area contributed by atoms with Gasteiger partial charge in [0.15, 0.2) is 0 Å². The van der Waals surface area contributed by atoms with E-state index in [4.69, 9.17) is 0 Å². The molecule has 0 bridgehead atoms. The van der Waals surface area contributed by atoms with Gasteiger partial charge in [0.05, 0.1) is 0 Å². The Morgan fingerprint density at radius 3 is 2.00 bits per heavy atom. The molecule has 0 unspecified atom stereocenters. The van der Waals surface area contributed by atoms with Gasteiger partial charge in [0.2, 0.25) is 0 Å². The zero-order chi connectivity index (χ0) is 21.5. The van der Waals surface area contributed by atoms with Gasteiger partial charge < -0.3 is 10.2 Å². The molecule has 2 saturated carbocycles. The van der Waals surface area contributed by atoms with E-state index in [9.17, 15) is 0 Å². The van der Waals surface area contributed by atoms with Crippen molar-refractivity contribution >= 4 is 0 Å². The van der Waals surface area contributed by atoms with Crippen LogP contribution in [0.4, 0.5) is 0 Å². The molecule has 1 saturated heterocycles. The van der Waals surface area contributed by atoms with Gasteiger partial charge in [0.25, 0.3) is 0 Å². The van der Waals surface area contributed by atoms with Gasteiger partial charge in [-0.2, -0.15) is 0 Å². The Bertz CT molecular complexity index is 451. The number of hydrogen-bond donors (Lipinski definition) is 1. The second-order valence-corrected chi connectivity index (χ2v) is 12.3. The number of rotatable bonds is 14. The highest BCUT2D eigenvalue weighted by Gasteiger charge is 2.59. The van der Waals surface area contributed by atoms with Crippen molar-refractivity contribution in [1.82, 2.24) is 10.2 Å². The number of hydrogen-bond acceptors (Lipinski definition) is 2. The molecule has 3 aliphatic rings. The molecule has 3 fully saturated rings. The summed E-state index contributed by atoms with van der Waals surface area (Å²) in [5.74, 6) is 1.86. The maximum absolute atomic E-state index is 3.97.